The Morgan fingerprint density at radius 3 is 2.43 bits per heavy atom. The van der Waals surface area contributed by atoms with Crippen LogP contribution in [0, 0.1) is 5.92 Å². The van der Waals surface area contributed by atoms with Gasteiger partial charge in [-0.15, -0.1) is 0 Å². The molecule has 0 amide bonds. The molecule has 0 aliphatic heterocycles. The van der Waals surface area contributed by atoms with E-state index in [1.54, 1.807) is 6.20 Å². The summed E-state index contributed by atoms with van der Waals surface area (Å²) < 4.78 is 5.75. The standard InChI is InChI=1S/C17H29N3O/c1-13(2)21-16-10-15(11-19-12-16)17(20-18)14-8-6-4-3-5-7-9-14/h10-14,17,20H,3-9,18H2,1-2H3. The number of ether oxygens (including phenoxy) is 1. The molecule has 1 aromatic rings. The Morgan fingerprint density at radius 1 is 1.14 bits per heavy atom. The van der Waals surface area contributed by atoms with Crippen LogP contribution in [0.3, 0.4) is 0 Å². The molecule has 1 fully saturated rings. The van der Waals surface area contributed by atoms with Crippen LogP contribution in [0.2, 0.25) is 0 Å². The summed E-state index contributed by atoms with van der Waals surface area (Å²) in [6.45, 7) is 4.06. The van der Waals surface area contributed by atoms with E-state index in [1.165, 1.54) is 44.9 Å². The fraction of sp³-hybridized carbons (Fsp3) is 0.706. The highest BCUT2D eigenvalue weighted by Gasteiger charge is 2.23. The van der Waals surface area contributed by atoms with Crippen molar-refractivity contribution in [3.05, 3.63) is 24.0 Å². The highest BCUT2D eigenvalue weighted by molar-refractivity contribution is 5.26. The SMILES string of the molecule is CC(C)Oc1cncc(C(NN)C2CCCCCCC2)c1. The molecule has 21 heavy (non-hydrogen) atoms. The van der Waals surface area contributed by atoms with E-state index in [2.05, 4.69) is 16.5 Å². The van der Waals surface area contributed by atoms with Gasteiger partial charge in [0.25, 0.3) is 0 Å². The summed E-state index contributed by atoms with van der Waals surface area (Å²) in [7, 11) is 0. The van der Waals surface area contributed by atoms with Gasteiger partial charge in [-0.3, -0.25) is 16.3 Å². The van der Waals surface area contributed by atoms with Crippen molar-refractivity contribution in [2.24, 2.45) is 11.8 Å². The molecule has 1 atom stereocenters. The van der Waals surface area contributed by atoms with Crippen LogP contribution in [0.25, 0.3) is 0 Å². The van der Waals surface area contributed by atoms with Crippen molar-refractivity contribution in [1.29, 1.82) is 0 Å². The molecule has 4 nitrogen and oxygen atoms in total. The number of hydrogen-bond donors (Lipinski definition) is 2. The molecule has 1 aromatic heterocycles. The Kier molecular flexibility index (Phi) is 6.46. The zero-order chi connectivity index (χ0) is 15.1. The number of rotatable bonds is 5. The predicted molar refractivity (Wildman–Crippen MR) is 85.9 cm³/mol. The fourth-order valence-electron chi connectivity index (χ4n) is 3.27. The van der Waals surface area contributed by atoms with Crippen molar-refractivity contribution in [1.82, 2.24) is 10.4 Å². The van der Waals surface area contributed by atoms with Gasteiger partial charge in [0.2, 0.25) is 0 Å². The molecule has 0 radical (unpaired) electrons. The van der Waals surface area contributed by atoms with E-state index < -0.39 is 0 Å². The number of aromatic nitrogens is 1. The Bertz CT molecular complexity index is 414. The maximum atomic E-state index is 5.86. The molecule has 0 spiro atoms. The minimum Gasteiger partial charge on any atom is -0.489 e. The smallest absolute Gasteiger partial charge is 0.138 e. The summed E-state index contributed by atoms with van der Waals surface area (Å²) in [6.07, 6.45) is 13.0. The molecular formula is C17H29N3O. The first kappa shape index (κ1) is 16.2. The van der Waals surface area contributed by atoms with Crippen LogP contribution in [0.15, 0.2) is 18.5 Å². The minimum absolute atomic E-state index is 0.160. The monoisotopic (exact) mass is 291 g/mol. The number of hydrazine groups is 1. The number of nitrogens with zero attached hydrogens (tertiary/aromatic N) is 1. The maximum Gasteiger partial charge on any atom is 0.138 e. The number of hydrogen-bond acceptors (Lipinski definition) is 4. The summed E-state index contributed by atoms with van der Waals surface area (Å²) in [5.41, 5.74) is 4.16. The predicted octanol–water partition coefficient (Wildman–Crippen LogP) is 3.73. The van der Waals surface area contributed by atoms with Crippen LogP contribution < -0.4 is 16.0 Å². The van der Waals surface area contributed by atoms with Gasteiger partial charge in [0, 0.05) is 6.20 Å². The Labute approximate surface area is 128 Å². The average Bonchev–Trinajstić information content (AvgIpc) is 2.41. The van der Waals surface area contributed by atoms with Gasteiger partial charge in [0.15, 0.2) is 0 Å². The van der Waals surface area contributed by atoms with Gasteiger partial charge in [-0.2, -0.15) is 0 Å². The molecule has 1 unspecified atom stereocenters. The van der Waals surface area contributed by atoms with Crippen LogP contribution in [0.4, 0.5) is 0 Å². The van der Waals surface area contributed by atoms with Crippen LogP contribution in [0.5, 0.6) is 5.75 Å². The van der Waals surface area contributed by atoms with Gasteiger partial charge >= 0.3 is 0 Å². The first-order chi connectivity index (χ1) is 10.2. The molecule has 118 valence electrons. The third kappa shape index (κ3) is 4.97. The largest absolute Gasteiger partial charge is 0.489 e. The molecule has 0 saturated heterocycles. The first-order valence-corrected chi connectivity index (χ1v) is 8.28. The van der Waals surface area contributed by atoms with Gasteiger partial charge in [-0.25, -0.2) is 0 Å². The Balaban J connectivity index is 2.11. The van der Waals surface area contributed by atoms with Crippen LogP contribution in [-0.2, 0) is 0 Å². The fourth-order valence-corrected chi connectivity index (χ4v) is 3.27. The lowest BCUT2D eigenvalue weighted by Crippen LogP contribution is -2.34. The summed E-state index contributed by atoms with van der Waals surface area (Å²) in [4.78, 5) is 4.32. The van der Waals surface area contributed by atoms with Crippen LogP contribution >= 0.6 is 0 Å². The highest BCUT2D eigenvalue weighted by atomic mass is 16.5. The molecule has 1 saturated carbocycles. The lowest BCUT2D eigenvalue weighted by Gasteiger charge is -2.28. The van der Waals surface area contributed by atoms with Crippen molar-refractivity contribution in [3.8, 4) is 5.75 Å². The molecule has 3 N–H and O–H groups in total. The molecule has 4 heteroatoms. The van der Waals surface area contributed by atoms with Crippen LogP contribution in [0.1, 0.15) is 70.4 Å². The summed E-state index contributed by atoms with van der Waals surface area (Å²) in [6, 6.07) is 2.25. The summed E-state index contributed by atoms with van der Waals surface area (Å²) >= 11 is 0. The van der Waals surface area contributed by atoms with Crippen molar-refractivity contribution in [2.75, 3.05) is 0 Å². The maximum absolute atomic E-state index is 5.86. The van der Waals surface area contributed by atoms with Gasteiger partial charge in [-0.05, 0) is 44.2 Å². The summed E-state index contributed by atoms with van der Waals surface area (Å²) in [5.74, 6) is 7.28. The molecule has 2 rings (SSSR count). The Morgan fingerprint density at radius 2 is 1.81 bits per heavy atom. The van der Waals surface area contributed by atoms with Gasteiger partial charge in [0.05, 0.1) is 18.3 Å². The molecule has 0 aromatic carbocycles. The molecule has 1 aliphatic rings. The van der Waals surface area contributed by atoms with Crippen molar-refractivity contribution < 1.29 is 4.74 Å². The third-order valence-corrected chi connectivity index (χ3v) is 4.27. The van der Waals surface area contributed by atoms with Gasteiger partial charge in [-0.1, -0.05) is 32.1 Å². The minimum atomic E-state index is 0.160. The van der Waals surface area contributed by atoms with E-state index in [9.17, 15) is 0 Å². The number of pyridine rings is 1. The van der Waals surface area contributed by atoms with Crippen molar-refractivity contribution >= 4 is 0 Å². The first-order valence-electron chi connectivity index (χ1n) is 8.28. The molecular weight excluding hydrogens is 262 g/mol. The quantitative estimate of drug-likeness (QED) is 0.641. The molecule has 1 heterocycles. The van der Waals surface area contributed by atoms with Crippen molar-refractivity contribution in [2.45, 2.75) is 70.9 Å². The van der Waals surface area contributed by atoms with E-state index in [1.807, 2.05) is 20.0 Å². The second kappa shape index (κ2) is 8.35. The van der Waals surface area contributed by atoms with E-state index in [4.69, 9.17) is 10.6 Å². The lowest BCUT2D eigenvalue weighted by molar-refractivity contribution is 0.239. The van der Waals surface area contributed by atoms with Crippen LogP contribution in [-0.4, -0.2) is 11.1 Å². The van der Waals surface area contributed by atoms with E-state index in [0.29, 0.717) is 5.92 Å². The number of nitrogens with one attached hydrogen (secondary N) is 1. The summed E-state index contributed by atoms with van der Waals surface area (Å²) in [5, 5.41) is 0. The number of nitrogens with two attached hydrogens (primary N) is 1. The second-order valence-electron chi connectivity index (χ2n) is 6.37. The van der Waals surface area contributed by atoms with E-state index in [0.717, 1.165) is 11.3 Å². The van der Waals surface area contributed by atoms with E-state index in [-0.39, 0.29) is 12.1 Å². The second-order valence-corrected chi connectivity index (χ2v) is 6.37. The Hall–Kier alpha value is -1.13. The van der Waals surface area contributed by atoms with Crippen molar-refractivity contribution in [3.63, 3.8) is 0 Å². The zero-order valence-corrected chi connectivity index (χ0v) is 13.3. The average molecular weight is 291 g/mol. The zero-order valence-electron chi connectivity index (χ0n) is 13.3. The lowest BCUT2D eigenvalue weighted by atomic mass is 9.83. The highest BCUT2D eigenvalue weighted by Crippen LogP contribution is 2.33. The molecule has 0 bridgehead atoms. The van der Waals surface area contributed by atoms with Gasteiger partial charge in [0.1, 0.15) is 5.75 Å². The normalized spacial score (nSPS) is 19.0. The third-order valence-electron chi connectivity index (χ3n) is 4.27. The van der Waals surface area contributed by atoms with Gasteiger partial charge < -0.3 is 4.74 Å². The topological polar surface area (TPSA) is 60.2 Å². The molecule has 1 aliphatic carbocycles. The van der Waals surface area contributed by atoms with E-state index >= 15 is 0 Å².